The first kappa shape index (κ1) is 18.0. The number of hydrogen-bond donors (Lipinski definition) is 1. The van der Waals surface area contributed by atoms with E-state index >= 15 is 0 Å². The molecule has 25 heavy (non-hydrogen) atoms. The summed E-state index contributed by atoms with van der Waals surface area (Å²) in [6, 6.07) is 1.70. The van der Waals surface area contributed by atoms with Crippen LogP contribution in [0, 0.1) is 5.92 Å². The number of nitrogens with two attached hydrogens (primary N) is 1. The van der Waals surface area contributed by atoms with Crippen LogP contribution in [0.25, 0.3) is 0 Å². The third-order valence-corrected chi connectivity index (χ3v) is 5.51. The minimum absolute atomic E-state index is 0.0437. The third-order valence-electron chi connectivity index (χ3n) is 5.51. The highest BCUT2D eigenvalue weighted by molar-refractivity contribution is 5.94. The summed E-state index contributed by atoms with van der Waals surface area (Å²) in [7, 11) is 0. The molecule has 2 amide bonds. The highest BCUT2D eigenvalue weighted by Gasteiger charge is 2.26. The first-order valence-corrected chi connectivity index (χ1v) is 9.52. The van der Waals surface area contributed by atoms with Crippen molar-refractivity contribution in [1.82, 2.24) is 9.80 Å². The second-order valence-corrected chi connectivity index (χ2v) is 7.22. The van der Waals surface area contributed by atoms with Crippen molar-refractivity contribution in [2.45, 2.75) is 51.5 Å². The van der Waals surface area contributed by atoms with Gasteiger partial charge in [-0.2, -0.15) is 0 Å². The quantitative estimate of drug-likeness (QED) is 0.887. The van der Waals surface area contributed by atoms with Crippen LogP contribution in [-0.4, -0.2) is 47.8 Å². The molecule has 2 N–H and O–H groups in total. The molecule has 1 aliphatic heterocycles. The molecule has 6 heteroatoms. The van der Waals surface area contributed by atoms with Gasteiger partial charge in [-0.1, -0.05) is 32.1 Å². The van der Waals surface area contributed by atoms with Gasteiger partial charge in [0.1, 0.15) is 12.0 Å². The molecular weight excluding hydrogens is 318 g/mol. The fourth-order valence-electron chi connectivity index (χ4n) is 3.90. The summed E-state index contributed by atoms with van der Waals surface area (Å²) in [5.41, 5.74) is 6.05. The van der Waals surface area contributed by atoms with E-state index in [4.69, 9.17) is 10.2 Å². The van der Waals surface area contributed by atoms with E-state index in [1.807, 2.05) is 4.90 Å². The molecule has 0 bridgehead atoms. The second-order valence-electron chi connectivity index (χ2n) is 7.22. The van der Waals surface area contributed by atoms with Crippen molar-refractivity contribution in [2.75, 3.05) is 26.2 Å². The number of hydrogen-bond acceptors (Lipinski definition) is 4. The molecule has 1 saturated carbocycles. The summed E-state index contributed by atoms with van der Waals surface area (Å²) in [6.07, 6.45) is 9.69. The van der Waals surface area contributed by atoms with Gasteiger partial charge < -0.3 is 20.0 Å². The van der Waals surface area contributed by atoms with Gasteiger partial charge >= 0.3 is 0 Å². The predicted octanol–water partition coefficient (Wildman–Crippen LogP) is 2.38. The average molecular weight is 347 g/mol. The summed E-state index contributed by atoms with van der Waals surface area (Å²) in [5.74, 6) is 1.54. The van der Waals surface area contributed by atoms with Crippen LogP contribution in [0.15, 0.2) is 16.7 Å². The van der Waals surface area contributed by atoms with E-state index in [-0.39, 0.29) is 18.4 Å². The Morgan fingerprint density at radius 2 is 1.76 bits per heavy atom. The van der Waals surface area contributed by atoms with Crippen LogP contribution >= 0.6 is 0 Å². The van der Waals surface area contributed by atoms with E-state index in [0.717, 1.165) is 12.3 Å². The van der Waals surface area contributed by atoms with Crippen LogP contribution < -0.4 is 5.73 Å². The number of rotatable bonds is 5. The lowest BCUT2D eigenvalue weighted by Crippen LogP contribution is -2.50. The molecule has 3 rings (SSSR count). The van der Waals surface area contributed by atoms with E-state index in [0.29, 0.717) is 43.9 Å². The Morgan fingerprint density at radius 1 is 1.08 bits per heavy atom. The highest BCUT2D eigenvalue weighted by Crippen LogP contribution is 2.27. The average Bonchev–Trinajstić information content (AvgIpc) is 3.16. The van der Waals surface area contributed by atoms with Crippen molar-refractivity contribution in [1.29, 1.82) is 0 Å². The Bertz CT molecular complexity index is 584. The summed E-state index contributed by atoms with van der Waals surface area (Å²) in [5, 5.41) is 0. The van der Waals surface area contributed by atoms with Crippen molar-refractivity contribution in [2.24, 2.45) is 11.7 Å². The lowest BCUT2D eigenvalue weighted by molar-refractivity contribution is -0.133. The molecule has 2 aliphatic rings. The van der Waals surface area contributed by atoms with Crippen LogP contribution in [0.3, 0.4) is 0 Å². The van der Waals surface area contributed by atoms with Crippen LogP contribution in [0.4, 0.5) is 0 Å². The Morgan fingerprint density at radius 3 is 2.40 bits per heavy atom. The maximum Gasteiger partial charge on any atom is 0.257 e. The van der Waals surface area contributed by atoms with Gasteiger partial charge in [0.15, 0.2) is 0 Å². The van der Waals surface area contributed by atoms with Gasteiger partial charge in [0.25, 0.3) is 5.91 Å². The minimum Gasteiger partial charge on any atom is -0.467 e. The lowest BCUT2D eigenvalue weighted by Gasteiger charge is -2.35. The molecule has 6 nitrogen and oxygen atoms in total. The van der Waals surface area contributed by atoms with E-state index in [1.165, 1.54) is 38.4 Å². The molecule has 0 aromatic carbocycles. The SMILES string of the molecule is NCc1cc(C(=O)N2CCN(C(=O)CCC3CCCCC3)CC2)co1. The summed E-state index contributed by atoms with van der Waals surface area (Å²) in [6.45, 7) is 2.69. The summed E-state index contributed by atoms with van der Waals surface area (Å²) < 4.78 is 5.24. The first-order chi connectivity index (χ1) is 12.2. The fraction of sp³-hybridized carbons (Fsp3) is 0.684. The monoisotopic (exact) mass is 347 g/mol. The predicted molar refractivity (Wildman–Crippen MR) is 94.9 cm³/mol. The van der Waals surface area contributed by atoms with Crippen molar-refractivity contribution >= 4 is 11.8 Å². The molecule has 2 heterocycles. The van der Waals surface area contributed by atoms with Crippen molar-refractivity contribution < 1.29 is 14.0 Å². The molecule has 2 fully saturated rings. The fourth-order valence-corrected chi connectivity index (χ4v) is 3.90. The zero-order valence-corrected chi connectivity index (χ0v) is 14.9. The smallest absolute Gasteiger partial charge is 0.257 e. The molecule has 0 unspecified atom stereocenters. The van der Waals surface area contributed by atoms with Crippen LogP contribution in [0.2, 0.25) is 0 Å². The maximum absolute atomic E-state index is 12.5. The zero-order chi connectivity index (χ0) is 17.6. The maximum atomic E-state index is 12.5. The molecule has 0 atom stereocenters. The number of piperazine rings is 1. The van der Waals surface area contributed by atoms with Crippen molar-refractivity contribution in [3.8, 4) is 0 Å². The van der Waals surface area contributed by atoms with Crippen LogP contribution in [-0.2, 0) is 11.3 Å². The zero-order valence-electron chi connectivity index (χ0n) is 14.9. The number of amides is 2. The summed E-state index contributed by atoms with van der Waals surface area (Å²) in [4.78, 5) is 28.6. The molecule has 1 saturated heterocycles. The Hall–Kier alpha value is -1.82. The van der Waals surface area contributed by atoms with Gasteiger partial charge in [-0.05, 0) is 18.4 Å². The largest absolute Gasteiger partial charge is 0.467 e. The summed E-state index contributed by atoms with van der Waals surface area (Å²) >= 11 is 0. The normalized spacial score (nSPS) is 19.2. The molecule has 0 spiro atoms. The van der Waals surface area contributed by atoms with Gasteiger partial charge in [0.05, 0.1) is 12.1 Å². The Balaban J connectivity index is 1.43. The molecule has 1 aromatic heterocycles. The Labute approximate surface area is 149 Å². The lowest BCUT2D eigenvalue weighted by atomic mass is 9.86. The molecular formula is C19H29N3O3. The van der Waals surface area contributed by atoms with Crippen LogP contribution in [0.5, 0.6) is 0 Å². The van der Waals surface area contributed by atoms with Gasteiger partial charge in [0.2, 0.25) is 5.91 Å². The second kappa shape index (κ2) is 8.52. The standard InChI is InChI=1S/C19H29N3O3/c20-13-17-12-16(14-25-17)19(24)22-10-8-21(9-11-22)18(23)7-6-15-4-2-1-3-5-15/h12,14-15H,1-11,13,20H2. The van der Waals surface area contributed by atoms with Gasteiger partial charge in [-0.25, -0.2) is 0 Å². The van der Waals surface area contributed by atoms with E-state index < -0.39 is 0 Å². The first-order valence-electron chi connectivity index (χ1n) is 9.52. The third kappa shape index (κ3) is 4.63. The van der Waals surface area contributed by atoms with E-state index in [1.54, 1.807) is 11.0 Å². The topological polar surface area (TPSA) is 79.8 Å². The molecule has 1 aromatic rings. The van der Waals surface area contributed by atoms with Crippen molar-refractivity contribution in [3.05, 3.63) is 23.7 Å². The van der Waals surface area contributed by atoms with Crippen LogP contribution in [0.1, 0.15) is 61.1 Å². The van der Waals surface area contributed by atoms with Gasteiger partial charge in [-0.15, -0.1) is 0 Å². The van der Waals surface area contributed by atoms with E-state index in [2.05, 4.69) is 0 Å². The van der Waals surface area contributed by atoms with Gasteiger partial charge in [0, 0.05) is 32.6 Å². The Kier molecular flexibility index (Phi) is 6.13. The van der Waals surface area contributed by atoms with Gasteiger partial charge in [-0.3, -0.25) is 9.59 Å². The number of carbonyl (C=O) groups is 2. The molecule has 1 aliphatic carbocycles. The number of furan rings is 1. The molecule has 0 radical (unpaired) electrons. The highest BCUT2D eigenvalue weighted by atomic mass is 16.3. The van der Waals surface area contributed by atoms with Crippen molar-refractivity contribution in [3.63, 3.8) is 0 Å². The molecule has 138 valence electrons. The number of carbonyl (C=O) groups excluding carboxylic acids is 2. The van der Waals surface area contributed by atoms with E-state index in [9.17, 15) is 9.59 Å². The number of nitrogens with zero attached hydrogens (tertiary/aromatic N) is 2. The minimum atomic E-state index is -0.0437.